The molecule has 1 amide bonds. The number of piperidine rings is 1. The summed E-state index contributed by atoms with van der Waals surface area (Å²) in [6.45, 7) is 2.78. The molecule has 1 atom stereocenters. The van der Waals surface area contributed by atoms with Gasteiger partial charge in [0.1, 0.15) is 10.6 Å². The third-order valence-corrected chi connectivity index (χ3v) is 4.86. The summed E-state index contributed by atoms with van der Waals surface area (Å²) >= 11 is 0. The van der Waals surface area contributed by atoms with Crippen LogP contribution in [0, 0.1) is 0 Å². The number of nitrogens with one attached hydrogen (secondary N) is 1. The summed E-state index contributed by atoms with van der Waals surface area (Å²) in [5, 5.41) is 0. The number of carbonyl (C=O) groups is 1. The molecule has 1 aromatic heterocycles. The van der Waals surface area contributed by atoms with Crippen molar-refractivity contribution in [3.63, 3.8) is 0 Å². The SMILES string of the molecule is CCC1CCCCN1C(=O)c1cc(S(=O)(=O)Cl)c[nH]1. The molecule has 0 aliphatic carbocycles. The van der Waals surface area contributed by atoms with Crippen LogP contribution >= 0.6 is 10.7 Å². The Morgan fingerprint density at radius 2 is 2.26 bits per heavy atom. The Kier molecular flexibility index (Phi) is 4.20. The van der Waals surface area contributed by atoms with E-state index in [4.69, 9.17) is 10.7 Å². The van der Waals surface area contributed by atoms with Gasteiger partial charge in [0.05, 0.1) is 0 Å². The molecule has 1 fully saturated rings. The van der Waals surface area contributed by atoms with Gasteiger partial charge in [-0.15, -0.1) is 0 Å². The van der Waals surface area contributed by atoms with Crippen LogP contribution in [0.2, 0.25) is 0 Å². The zero-order valence-corrected chi connectivity index (χ0v) is 12.3. The molecule has 19 heavy (non-hydrogen) atoms. The van der Waals surface area contributed by atoms with Crippen LogP contribution < -0.4 is 0 Å². The van der Waals surface area contributed by atoms with Gasteiger partial charge in [-0.1, -0.05) is 6.92 Å². The maximum atomic E-state index is 12.4. The highest BCUT2D eigenvalue weighted by Gasteiger charge is 2.27. The lowest BCUT2D eigenvalue weighted by Gasteiger charge is -2.34. The van der Waals surface area contributed by atoms with Gasteiger partial charge in [0.15, 0.2) is 0 Å². The molecule has 2 heterocycles. The quantitative estimate of drug-likeness (QED) is 0.871. The Hall–Kier alpha value is -1.01. The predicted octanol–water partition coefficient (Wildman–Crippen LogP) is 2.35. The molecule has 1 unspecified atom stereocenters. The Labute approximate surface area is 117 Å². The summed E-state index contributed by atoms with van der Waals surface area (Å²) < 4.78 is 22.4. The average Bonchev–Trinajstić information content (AvgIpc) is 2.87. The minimum atomic E-state index is -3.80. The van der Waals surface area contributed by atoms with Crippen molar-refractivity contribution in [1.82, 2.24) is 9.88 Å². The van der Waals surface area contributed by atoms with E-state index >= 15 is 0 Å². The molecule has 1 N–H and O–H groups in total. The predicted molar refractivity (Wildman–Crippen MR) is 72.8 cm³/mol. The molecule has 2 rings (SSSR count). The van der Waals surface area contributed by atoms with Gasteiger partial charge in [0.2, 0.25) is 0 Å². The number of hydrogen-bond acceptors (Lipinski definition) is 3. The fourth-order valence-corrected chi connectivity index (χ4v) is 3.21. The van der Waals surface area contributed by atoms with E-state index in [0.29, 0.717) is 0 Å². The summed E-state index contributed by atoms with van der Waals surface area (Å²) in [6, 6.07) is 1.53. The number of aromatic amines is 1. The molecular formula is C12H17ClN2O3S. The standard InChI is InChI=1S/C12H17ClN2O3S/c1-2-9-5-3-4-6-15(9)12(16)11-7-10(8-14-11)19(13,17)18/h7-9,14H,2-6H2,1H3. The first-order valence-corrected chi connectivity index (χ1v) is 8.68. The van der Waals surface area contributed by atoms with Crippen LogP contribution in [0.5, 0.6) is 0 Å². The van der Waals surface area contributed by atoms with Crippen molar-refractivity contribution in [3.8, 4) is 0 Å². The van der Waals surface area contributed by atoms with E-state index in [9.17, 15) is 13.2 Å². The molecule has 0 spiro atoms. The zero-order valence-electron chi connectivity index (χ0n) is 10.7. The number of aromatic nitrogens is 1. The highest BCUT2D eigenvalue weighted by molar-refractivity contribution is 8.13. The van der Waals surface area contributed by atoms with Gasteiger partial charge in [0.25, 0.3) is 15.0 Å². The Bertz CT molecular complexity index is 567. The van der Waals surface area contributed by atoms with Crippen molar-refractivity contribution < 1.29 is 13.2 Å². The second kappa shape index (κ2) is 5.54. The molecule has 1 saturated heterocycles. The lowest BCUT2D eigenvalue weighted by Crippen LogP contribution is -2.43. The van der Waals surface area contributed by atoms with Gasteiger partial charge in [-0.2, -0.15) is 0 Å². The van der Waals surface area contributed by atoms with Crippen LogP contribution in [-0.4, -0.2) is 36.8 Å². The number of amides is 1. The molecule has 1 aliphatic heterocycles. The van der Waals surface area contributed by atoms with E-state index in [0.717, 1.165) is 32.2 Å². The number of likely N-dealkylation sites (tertiary alicyclic amines) is 1. The van der Waals surface area contributed by atoms with Crippen LogP contribution in [0.4, 0.5) is 0 Å². The fraction of sp³-hybridized carbons (Fsp3) is 0.583. The second-order valence-corrected chi connectivity index (χ2v) is 7.31. The van der Waals surface area contributed by atoms with Crippen molar-refractivity contribution in [2.24, 2.45) is 0 Å². The number of hydrogen-bond donors (Lipinski definition) is 1. The number of nitrogens with zero attached hydrogens (tertiary/aromatic N) is 1. The van der Waals surface area contributed by atoms with Crippen molar-refractivity contribution >= 4 is 25.6 Å². The molecule has 0 radical (unpaired) electrons. The Morgan fingerprint density at radius 3 is 2.84 bits per heavy atom. The van der Waals surface area contributed by atoms with E-state index in [-0.39, 0.29) is 22.5 Å². The Morgan fingerprint density at radius 1 is 1.53 bits per heavy atom. The van der Waals surface area contributed by atoms with Gasteiger partial charge in [-0.3, -0.25) is 4.79 Å². The minimum Gasteiger partial charge on any atom is -0.356 e. The number of halogens is 1. The molecule has 0 aromatic carbocycles. The van der Waals surface area contributed by atoms with Gasteiger partial charge in [-0.05, 0) is 31.7 Å². The molecule has 106 valence electrons. The average molecular weight is 305 g/mol. The van der Waals surface area contributed by atoms with Crippen molar-refractivity contribution in [2.45, 2.75) is 43.5 Å². The van der Waals surface area contributed by atoms with Gasteiger partial charge < -0.3 is 9.88 Å². The molecule has 5 nitrogen and oxygen atoms in total. The third-order valence-electron chi connectivity index (χ3n) is 3.53. The topological polar surface area (TPSA) is 70.2 Å². The molecule has 1 aromatic rings. The van der Waals surface area contributed by atoms with Crippen LogP contribution in [0.3, 0.4) is 0 Å². The first-order chi connectivity index (χ1) is 8.93. The molecule has 0 saturated carbocycles. The summed E-state index contributed by atoms with van der Waals surface area (Å²) in [5.74, 6) is -0.155. The number of H-pyrrole nitrogens is 1. The van der Waals surface area contributed by atoms with Crippen molar-refractivity contribution in [3.05, 3.63) is 18.0 Å². The largest absolute Gasteiger partial charge is 0.356 e. The van der Waals surface area contributed by atoms with Gasteiger partial charge in [-0.25, -0.2) is 8.42 Å². The van der Waals surface area contributed by atoms with Crippen LogP contribution in [0.15, 0.2) is 17.2 Å². The van der Waals surface area contributed by atoms with Crippen molar-refractivity contribution in [1.29, 1.82) is 0 Å². The van der Waals surface area contributed by atoms with Gasteiger partial charge >= 0.3 is 0 Å². The van der Waals surface area contributed by atoms with Crippen LogP contribution in [0.25, 0.3) is 0 Å². The van der Waals surface area contributed by atoms with E-state index < -0.39 is 9.05 Å². The summed E-state index contributed by atoms with van der Waals surface area (Å²) in [7, 11) is 1.45. The molecular weight excluding hydrogens is 288 g/mol. The maximum absolute atomic E-state index is 12.4. The minimum absolute atomic E-state index is 0.0671. The molecule has 1 aliphatic rings. The summed E-state index contributed by atoms with van der Waals surface area (Å²) in [5.41, 5.74) is 0.277. The fourth-order valence-electron chi connectivity index (χ4n) is 2.49. The van der Waals surface area contributed by atoms with Crippen LogP contribution in [0.1, 0.15) is 43.1 Å². The normalized spacial score (nSPS) is 20.5. The lowest BCUT2D eigenvalue weighted by atomic mass is 10.00. The van der Waals surface area contributed by atoms with E-state index in [1.165, 1.54) is 12.3 Å². The number of rotatable bonds is 3. The first-order valence-electron chi connectivity index (χ1n) is 6.37. The maximum Gasteiger partial charge on any atom is 0.270 e. The monoisotopic (exact) mass is 304 g/mol. The number of carbonyl (C=O) groups excluding carboxylic acids is 1. The van der Waals surface area contributed by atoms with E-state index in [1.807, 2.05) is 4.90 Å². The third kappa shape index (κ3) is 3.12. The lowest BCUT2D eigenvalue weighted by molar-refractivity contribution is 0.0602. The van der Waals surface area contributed by atoms with Gasteiger partial charge in [0, 0.05) is 29.5 Å². The van der Waals surface area contributed by atoms with Crippen LogP contribution in [-0.2, 0) is 9.05 Å². The summed E-state index contributed by atoms with van der Waals surface area (Å²) in [4.78, 5) is 16.8. The Balaban J connectivity index is 2.21. The highest BCUT2D eigenvalue weighted by atomic mass is 35.7. The smallest absolute Gasteiger partial charge is 0.270 e. The highest BCUT2D eigenvalue weighted by Crippen LogP contribution is 2.23. The van der Waals surface area contributed by atoms with Crippen molar-refractivity contribution in [2.75, 3.05) is 6.54 Å². The summed E-state index contributed by atoms with van der Waals surface area (Å²) in [6.07, 6.45) is 5.29. The second-order valence-electron chi connectivity index (χ2n) is 4.74. The van der Waals surface area contributed by atoms with E-state index in [2.05, 4.69) is 11.9 Å². The molecule has 7 heteroatoms. The first kappa shape index (κ1) is 14.4. The zero-order chi connectivity index (χ0) is 14.0. The van der Waals surface area contributed by atoms with E-state index in [1.54, 1.807) is 0 Å². The molecule has 0 bridgehead atoms.